The molecule has 0 bridgehead atoms. The van der Waals surface area contributed by atoms with Gasteiger partial charge in [0.2, 0.25) is 0 Å². The minimum Gasteiger partial charge on any atom is -0.493 e. The van der Waals surface area contributed by atoms with Crippen LogP contribution in [0.25, 0.3) is 10.8 Å². The molecule has 6 nitrogen and oxygen atoms in total. The number of nitrogen functional groups attached to an aromatic ring is 1. The van der Waals surface area contributed by atoms with Gasteiger partial charge < -0.3 is 15.2 Å². The van der Waals surface area contributed by atoms with Crippen LogP contribution in [0.1, 0.15) is 16.8 Å². The number of ether oxygens (including phenoxy) is 2. The van der Waals surface area contributed by atoms with Crippen LogP contribution in [0.2, 0.25) is 0 Å². The molecule has 0 aliphatic rings. The van der Waals surface area contributed by atoms with Crippen LogP contribution in [-0.2, 0) is 12.4 Å². The Kier molecular flexibility index (Phi) is 6.20. The second-order valence-corrected chi connectivity index (χ2v) is 7.63. The molecule has 0 aliphatic carbocycles. The number of thioether (sulfide) groups is 1. The minimum atomic E-state index is 0.0812. The number of nitrogens with zero attached hydrogens (tertiary/aromatic N) is 3. The van der Waals surface area contributed by atoms with E-state index < -0.39 is 0 Å². The standard InChI is InChI=1S/C24H20N4O2S/c1-29-21-11-4-5-12-22(21)30-14-20-19(13-25)23(26)28-24(27-20)31-15-17-9-6-8-16-7-2-3-10-18(16)17/h2-12H,14-15H2,1H3,(H2,26,27,28). The molecule has 0 saturated heterocycles. The highest BCUT2D eigenvalue weighted by Crippen LogP contribution is 2.29. The summed E-state index contributed by atoms with van der Waals surface area (Å²) in [6, 6.07) is 23.9. The van der Waals surface area contributed by atoms with Gasteiger partial charge in [0.25, 0.3) is 0 Å². The molecule has 0 fully saturated rings. The van der Waals surface area contributed by atoms with Crippen LogP contribution in [0.3, 0.4) is 0 Å². The summed E-state index contributed by atoms with van der Waals surface area (Å²) in [6.07, 6.45) is 0. The highest BCUT2D eigenvalue weighted by Gasteiger charge is 2.15. The van der Waals surface area contributed by atoms with Gasteiger partial charge in [0, 0.05) is 5.75 Å². The smallest absolute Gasteiger partial charge is 0.190 e. The summed E-state index contributed by atoms with van der Waals surface area (Å²) in [6.45, 7) is 0.0812. The normalized spacial score (nSPS) is 10.6. The Bertz CT molecular complexity index is 1260. The molecular formula is C24H20N4O2S. The van der Waals surface area contributed by atoms with Gasteiger partial charge in [-0.1, -0.05) is 66.4 Å². The van der Waals surface area contributed by atoms with Crippen molar-refractivity contribution in [2.75, 3.05) is 12.8 Å². The predicted octanol–water partition coefficient (Wildman–Crippen LogP) is 4.96. The van der Waals surface area contributed by atoms with Crippen molar-refractivity contribution in [2.45, 2.75) is 17.5 Å². The molecule has 7 heteroatoms. The number of methoxy groups -OCH3 is 1. The number of nitrogens with two attached hydrogens (primary N) is 1. The molecule has 154 valence electrons. The topological polar surface area (TPSA) is 94.1 Å². The molecule has 1 aromatic heterocycles. The zero-order valence-corrected chi connectivity index (χ0v) is 17.7. The number of rotatable bonds is 7. The third-order valence-corrected chi connectivity index (χ3v) is 5.67. The second kappa shape index (κ2) is 9.37. The van der Waals surface area contributed by atoms with Gasteiger partial charge >= 0.3 is 0 Å². The Hall–Kier alpha value is -3.76. The van der Waals surface area contributed by atoms with Gasteiger partial charge in [0.05, 0.1) is 7.11 Å². The maximum Gasteiger partial charge on any atom is 0.190 e. The third-order valence-electron chi connectivity index (χ3n) is 4.77. The van der Waals surface area contributed by atoms with Crippen molar-refractivity contribution < 1.29 is 9.47 Å². The lowest BCUT2D eigenvalue weighted by Crippen LogP contribution is -2.08. The molecule has 0 atom stereocenters. The number of anilines is 1. The molecule has 31 heavy (non-hydrogen) atoms. The Labute approximate surface area is 184 Å². The Morgan fingerprint density at radius 1 is 0.968 bits per heavy atom. The molecule has 0 aliphatic heterocycles. The lowest BCUT2D eigenvalue weighted by molar-refractivity contribution is 0.279. The van der Waals surface area contributed by atoms with Gasteiger partial charge in [-0.15, -0.1) is 0 Å². The van der Waals surface area contributed by atoms with Crippen LogP contribution in [0, 0.1) is 11.3 Å². The second-order valence-electron chi connectivity index (χ2n) is 6.69. The Balaban J connectivity index is 1.56. The van der Waals surface area contributed by atoms with E-state index in [4.69, 9.17) is 15.2 Å². The third kappa shape index (κ3) is 4.55. The molecule has 4 rings (SSSR count). The number of aromatic nitrogens is 2. The van der Waals surface area contributed by atoms with Crippen molar-refractivity contribution in [2.24, 2.45) is 0 Å². The summed E-state index contributed by atoms with van der Waals surface area (Å²) in [5, 5.41) is 12.4. The maximum absolute atomic E-state index is 9.52. The van der Waals surface area contributed by atoms with Gasteiger partial charge in [-0.25, -0.2) is 9.97 Å². The van der Waals surface area contributed by atoms with E-state index in [1.807, 2.05) is 30.3 Å². The van der Waals surface area contributed by atoms with Gasteiger partial charge in [0.1, 0.15) is 29.8 Å². The van der Waals surface area contributed by atoms with Crippen LogP contribution < -0.4 is 15.2 Å². The molecule has 0 unspecified atom stereocenters. The maximum atomic E-state index is 9.52. The molecule has 0 spiro atoms. The monoisotopic (exact) mass is 428 g/mol. The fourth-order valence-corrected chi connectivity index (χ4v) is 4.11. The summed E-state index contributed by atoms with van der Waals surface area (Å²) >= 11 is 1.47. The SMILES string of the molecule is COc1ccccc1OCc1nc(SCc2cccc3ccccc23)nc(N)c1C#N. The van der Waals surface area contributed by atoms with Gasteiger partial charge in [0.15, 0.2) is 16.7 Å². The summed E-state index contributed by atoms with van der Waals surface area (Å²) in [5.74, 6) is 2.00. The van der Waals surface area contributed by atoms with Crippen LogP contribution in [0.15, 0.2) is 71.9 Å². The molecule has 3 aromatic carbocycles. The van der Waals surface area contributed by atoms with Crippen LogP contribution in [0.5, 0.6) is 11.5 Å². The van der Waals surface area contributed by atoms with E-state index in [1.165, 1.54) is 28.1 Å². The Morgan fingerprint density at radius 2 is 1.71 bits per heavy atom. The van der Waals surface area contributed by atoms with Gasteiger partial charge in [-0.3, -0.25) is 0 Å². The lowest BCUT2D eigenvalue weighted by atomic mass is 10.1. The molecule has 1 heterocycles. The fraction of sp³-hybridized carbons (Fsp3) is 0.125. The first-order valence-electron chi connectivity index (χ1n) is 9.61. The average molecular weight is 429 g/mol. The first-order chi connectivity index (χ1) is 15.2. The zero-order valence-electron chi connectivity index (χ0n) is 16.9. The van der Waals surface area contributed by atoms with E-state index in [-0.39, 0.29) is 18.0 Å². The number of hydrogen-bond donors (Lipinski definition) is 1. The van der Waals surface area contributed by atoms with Crippen LogP contribution >= 0.6 is 11.8 Å². The first kappa shape index (κ1) is 20.5. The molecular weight excluding hydrogens is 408 g/mol. The van der Waals surface area contributed by atoms with Crippen molar-refractivity contribution in [1.29, 1.82) is 5.26 Å². The van der Waals surface area contributed by atoms with Crippen molar-refractivity contribution in [3.8, 4) is 17.6 Å². The highest BCUT2D eigenvalue weighted by molar-refractivity contribution is 7.98. The van der Waals surface area contributed by atoms with Crippen molar-refractivity contribution in [3.63, 3.8) is 0 Å². The quantitative estimate of drug-likeness (QED) is 0.328. The minimum absolute atomic E-state index is 0.0812. The van der Waals surface area contributed by atoms with E-state index in [1.54, 1.807) is 19.2 Å². The van der Waals surface area contributed by atoms with Gasteiger partial charge in [-0.05, 0) is 28.5 Å². The van der Waals surface area contributed by atoms with Crippen molar-refractivity contribution >= 4 is 28.4 Å². The van der Waals surface area contributed by atoms with Crippen molar-refractivity contribution in [3.05, 3.63) is 83.6 Å². The molecule has 0 saturated carbocycles. The zero-order chi connectivity index (χ0) is 21.6. The summed E-state index contributed by atoms with van der Waals surface area (Å²) in [4.78, 5) is 8.87. The summed E-state index contributed by atoms with van der Waals surface area (Å²) in [7, 11) is 1.58. The highest BCUT2D eigenvalue weighted by atomic mass is 32.2. The van der Waals surface area contributed by atoms with Crippen LogP contribution in [0.4, 0.5) is 5.82 Å². The van der Waals surface area contributed by atoms with E-state index in [0.717, 1.165) is 0 Å². The number of nitriles is 1. The Morgan fingerprint density at radius 3 is 2.52 bits per heavy atom. The number of para-hydroxylation sites is 2. The number of benzene rings is 3. The first-order valence-corrected chi connectivity index (χ1v) is 10.6. The average Bonchev–Trinajstić information content (AvgIpc) is 2.81. The largest absolute Gasteiger partial charge is 0.493 e. The number of fused-ring (bicyclic) bond motifs is 1. The fourth-order valence-electron chi connectivity index (χ4n) is 3.24. The summed E-state index contributed by atoms with van der Waals surface area (Å²) in [5.41, 5.74) is 7.90. The van der Waals surface area contributed by atoms with E-state index in [9.17, 15) is 5.26 Å². The van der Waals surface area contributed by atoms with E-state index >= 15 is 0 Å². The lowest BCUT2D eigenvalue weighted by Gasteiger charge is -2.12. The van der Waals surface area contributed by atoms with E-state index in [2.05, 4.69) is 40.3 Å². The van der Waals surface area contributed by atoms with Crippen LogP contribution in [-0.4, -0.2) is 17.1 Å². The summed E-state index contributed by atoms with van der Waals surface area (Å²) < 4.78 is 11.2. The molecule has 4 aromatic rings. The molecule has 2 N–H and O–H groups in total. The number of hydrogen-bond acceptors (Lipinski definition) is 7. The van der Waals surface area contributed by atoms with Gasteiger partial charge in [-0.2, -0.15) is 5.26 Å². The van der Waals surface area contributed by atoms with Crippen molar-refractivity contribution in [1.82, 2.24) is 9.97 Å². The molecule has 0 radical (unpaired) electrons. The predicted molar refractivity (Wildman–Crippen MR) is 122 cm³/mol. The van der Waals surface area contributed by atoms with E-state index in [0.29, 0.717) is 28.1 Å². The molecule has 0 amide bonds.